The molecular weight excluding hydrogens is 386 g/mol. The number of aromatic nitrogens is 1. The highest BCUT2D eigenvalue weighted by molar-refractivity contribution is 5.95. The van der Waals surface area contributed by atoms with Gasteiger partial charge in [-0.3, -0.25) is 9.59 Å². The van der Waals surface area contributed by atoms with Crippen LogP contribution in [0.1, 0.15) is 55.8 Å². The molecule has 0 aromatic carbocycles. The summed E-state index contributed by atoms with van der Waals surface area (Å²) in [5.41, 5.74) is 0.203. The number of hydrogen-bond donors (Lipinski definition) is 3. The quantitative estimate of drug-likeness (QED) is 0.682. The third kappa shape index (κ3) is 3.21. The second kappa shape index (κ2) is 7.23. The molecule has 1 spiro atoms. The molecule has 4 aliphatic rings. The SMILES string of the molecule is CC(=O)Nc1ccc(C(=O)N2C3CCC2CC2(C3)NC(=O)N[C@H]3OCCC[C@H]32)cn1. The van der Waals surface area contributed by atoms with Crippen LogP contribution >= 0.6 is 0 Å². The Morgan fingerprint density at radius 2 is 2.00 bits per heavy atom. The van der Waals surface area contributed by atoms with Gasteiger partial charge in [-0.05, 0) is 50.7 Å². The van der Waals surface area contributed by atoms with Crippen LogP contribution in [-0.4, -0.2) is 58.2 Å². The highest BCUT2D eigenvalue weighted by Crippen LogP contribution is 2.48. The summed E-state index contributed by atoms with van der Waals surface area (Å²) in [5.74, 6) is 0.425. The van der Waals surface area contributed by atoms with E-state index in [0.717, 1.165) is 38.5 Å². The predicted octanol–water partition coefficient (Wildman–Crippen LogP) is 1.61. The molecule has 160 valence electrons. The van der Waals surface area contributed by atoms with Gasteiger partial charge >= 0.3 is 6.03 Å². The fourth-order valence-corrected chi connectivity index (χ4v) is 5.92. The third-order valence-corrected chi connectivity index (χ3v) is 7.04. The molecule has 4 amide bonds. The van der Waals surface area contributed by atoms with E-state index < -0.39 is 0 Å². The van der Waals surface area contributed by atoms with Gasteiger partial charge in [-0.1, -0.05) is 0 Å². The minimum absolute atomic E-state index is 0.0315. The van der Waals surface area contributed by atoms with E-state index in [9.17, 15) is 14.4 Å². The van der Waals surface area contributed by atoms with E-state index >= 15 is 0 Å². The van der Waals surface area contributed by atoms with Crippen molar-refractivity contribution in [1.82, 2.24) is 20.5 Å². The first-order valence-corrected chi connectivity index (χ1v) is 10.7. The van der Waals surface area contributed by atoms with Crippen molar-refractivity contribution in [2.24, 2.45) is 5.92 Å². The average molecular weight is 413 g/mol. The summed E-state index contributed by atoms with van der Waals surface area (Å²) in [4.78, 5) is 43.0. The van der Waals surface area contributed by atoms with Gasteiger partial charge in [-0.2, -0.15) is 0 Å². The number of hydrogen-bond acceptors (Lipinski definition) is 5. The lowest BCUT2D eigenvalue weighted by atomic mass is 9.69. The largest absolute Gasteiger partial charge is 0.358 e. The van der Waals surface area contributed by atoms with Crippen LogP contribution in [0.4, 0.5) is 10.6 Å². The summed E-state index contributed by atoms with van der Waals surface area (Å²) in [7, 11) is 0. The maximum atomic E-state index is 13.3. The second-order valence-corrected chi connectivity index (χ2v) is 8.91. The topological polar surface area (TPSA) is 113 Å². The van der Waals surface area contributed by atoms with Crippen molar-refractivity contribution in [3.8, 4) is 0 Å². The van der Waals surface area contributed by atoms with Crippen LogP contribution < -0.4 is 16.0 Å². The number of rotatable bonds is 2. The van der Waals surface area contributed by atoms with Crippen molar-refractivity contribution in [2.45, 2.75) is 69.3 Å². The summed E-state index contributed by atoms with van der Waals surface area (Å²) < 4.78 is 5.86. The first-order valence-electron chi connectivity index (χ1n) is 10.7. The van der Waals surface area contributed by atoms with Gasteiger partial charge in [0, 0.05) is 37.7 Å². The van der Waals surface area contributed by atoms with Crippen LogP contribution in [0.25, 0.3) is 0 Å². The minimum atomic E-state index is -0.316. The number of nitrogens with one attached hydrogen (secondary N) is 3. The van der Waals surface area contributed by atoms with E-state index in [1.165, 1.54) is 13.1 Å². The van der Waals surface area contributed by atoms with Gasteiger partial charge in [0.1, 0.15) is 12.0 Å². The molecule has 1 aromatic heterocycles. The molecule has 1 aromatic rings. The van der Waals surface area contributed by atoms with Gasteiger partial charge < -0.3 is 25.6 Å². The second-order valence-electron chi connectivity index (χ2n) is 8.91. The molecule has 5 rings (SSSR count). The molecule has 5 heterocycles. The summed E-state index contributed by atoms with van der Waals surface area (Å²) in [5, 5.41) is 8.78. The van der Waals surface area contributed by atoms with Crippen LogP contribution in [0.15, 0.2) is 18.3 Å². The molecule has 4 atom stereocenters. The van der Waals surface area contributed by atoms with E-state index in [-0.39, 0.29) is 47.6 Å². The summed E-state index contributed by atoms with van der Waals surface area (Å²) >= 11 is 0. The van der Waals surface area contributed by atoms with Gasteiger partial charge in [0.15, 0.2) is 0 Å². The van der Waals surface area contributed by atoms with Crippen molar-refractivity contribution < 1.29 is 19.1 Å². The molecule has 0 saturated carbocycles. The van der Waals surface area contributed by atoms with Gasteiger partial charge in [-0.25, -0.2) is 9.78 Å². The number of amides is 4. The molecule has 9 nitrogen and oxygen atoms in total. The Balaban J connectivity index is 1.36. The zero-order valence-electron chi connectivity index (χ0n) is 17.0. The Hall–Kier alpha value is -2.68. The van der Waals surface area contributed by atoms with Gasteiger partial charge in [0.05, 0.1) is 11.1 Å². The maximum Gasteiger partial charge on any atom is 0.317 e. The molecule has 9 heteroatoms. The maximum absolute atomic E-state index is 13.3. The van der Waals surface area contributed by atoms with E-state index in [1.807, 2.05) is 4.90 Å². The van der Waals surface area contributed by atoms with Crippen LogP contribution in [0.5, 0.6) is 0 Å². The van der Waals surface area contributed by atoms with Crippen LogP contribution in [0.3, 0.4) is 0 Å². The number of piperidine rings is 1. The molecule has 0 radical (unpaired) electrons. The number of nitrogens with zero attached hydrogens (tertiary/aromatic N) is 2. The Kier molecular flexibility index (Phi) is 4.65. The van der Waals surface area contributed by atoms with Crippen molar-refractivity contribution >= 4 is 23.7 Å². The van der Waals surface area contributed by atoms with Crippen molar-refractivity contribution in [2.75, 3.05) is 11.9 Å². The number of carbonyl (C=O) groups excluding carboxylic acids is 3. The number of ether oxygens (including phenoxy) is 1. The normalized spacial score (nSPS) is 34.7. The smallest absolute Gasteiger partial charge is 0.317 e. The number of urea groups is 1. The van der Waals surface area contributed by atoms with Gasteiger partial charge in [0.2, 0.25) is 5.91 Å². The Labute approximate surface area is 174 Å². The van der Waals surface area contributed by atoms with Gasteiger partial charge in [0.25, 0.3) is 5.91 Å². The predicted molar refractivity (Wildman–Crippen MR) is 108 cm³/mol. The first-order chi connectivity index (χ1) is 14.4. The van der Waals surface area contributed by atoms with Crippen molar-refractivity contribution in [1.29, 1.82) is 0 Å². The standard InChI is InChI=1S/C21H27N5O4/c1-12(27)23-17-7-4-13(11-22-17)19(28)26-14-5-6-15(26)10-21(9-14)16-3-2-8-30-18(16)24-20(29)25-21/h4,7,11,14-16,18H,2-3,5-6,8-10H2,1H3,(H,22,23,27)(H2,24,25,29)/t14?,15?,16-,18+,21?/m1/s1. The fourth-order valence-electron chi connectivity index (χ4n) is 5.92. The average Bonchev–Trinajstić information content (AvgIpc) is 2.99. The number of anilines is 1. The lowest BCUT2D eigenvalue weighted by molar-refractivity contribution is -0.114. The number of fused-ring (bicyclic) bond motifs is 4. The minimum Gasteiger partial charge on any atom is -0.358 e. The zero-order chi connectivity index (χ0) is 20.9. The first kappa shape index (κ1) is 19.3. The Bertz CT molecular complexity index is 859. The Morgan fingerprint density at radius 3 is 2.67 bits per heavy atom. The van der Waals surface area contributed by atoms with Gasteiger partial charge in [-0.15, -0.1) is 0 Å². The highest BCUT2D eigenvalue weighted by atomic mass is 16.5. The summed E-state index contributed by atoms with van der Waals surface area (Å²) in [6.45, 7) is 2.10. The van der Waals surface area contributed by atoms with Crippen LogP contribution in [0, 0.1) is 5.92 Å². The van der Waals surface area contributed by atoms with E-state index in [4.69, 9.17) is 4.74 Å². The van der Waals surface area contributed by atoms with Crippen LogP contribution in [0.2, 0.25) is 0 Å². The summed E-state index contributed by atoms with van der Waals surface area (Å²) in [6.07, 6.45) is 6.68. The lowest BCUT2D eigenvalue weighted by Crippen LogP contribution is -2.73. The Morgan fingerprint density at radius 1 is 1.23 bits per heavy atom. The molecule has 4 aliphatic heterocycles. The molecule has 30 heavy (non-hydrogen) atoms. The van der Waals surface area contributed by atoms with E-state index in [0.29, 0.717) is 18.0 Å². The zero-order valence-corrected chi connectivity index (χ0v) is 17.0. The third-order valence-electron chi connectivity index (χ3n) is 7.04. The molecule has 3 N–H and O–H groups in total. The van der Waals surface area contributed by atoms with Crippen LogP contribution in [-0.2, 0) is 9.53 Å². The molecular formula is C21H27N5O4. The molecule has 0 aliphatic carbocycles. The highest BCUT2D eigenvalue weighted by Gasteiger charge is 2.57. The van der Waals surface area contributed by atoms with E-state index in [1.54, 1.807) is 12.1 Å². The summed E-state index contributed by atoms with van der Waals surface area (Å²) in [6, 6.07) is 3.37. The van der Waals surface area contributed by atoms with Crippen molar-refractivity contribution in [3.63, 3.8) is 0 Å². The number of pyridine rings is 1. The molecule has 4 fully saturated rings. The van der Waals surface area contributed by atoms with E-state index in [2.05, 4.69) is 20.9 Å². The monoisotopic (exact) mass is 413 g/mol. The molecule has 2 bridgehead atoms. The molecule has 4 saturated heterocycles. The number of carbonyl (C=O) groups is 3. The lowest BCUT2D eigenvalue weighted by Gasteiger charge is -2.55. The van der Waals surface area contributed by atoms with Crippen molar-refractivity contribution in [3.05, 3.63) is 23.9 Å². The molecule has 2 unspecified atom stereocenters. The fraction of sp³-hybridized carbons (Fsp3) is 0.619.